The Morgan fingerprint density at radius 1 is 1.39 bits per heavy atom. The first-order valence-corrected chi connectivity index (χ1v) is 6.50. The van der Waals surface area contributed by atoms with E-state index >= 15 is 0 Å². The van der Waals surface area contributed by atoms with E-state index in [4.69, 9.17) is 4.42 Å². The van der Waals surface area contributed by atoms with Gasteiger partial charge in [0.1, 0.15) is 5.76 Å². The summed E-state index contributed by atoms with van der Waals surface area (Å²) >= 11 is 0. The maximum atomic E-state index is 11.9. The van der Waals surface area contributed by atoms with Crippen LogP contribution >= 0.6 is 0 Å². The number of rotatable bonds is 3. The standard InChI is InChI=1S/C15H17NO2/c1-11-10-13-14(5-2-6-15(13)17)16(11)8-7-12-4-3-9-18-12/h3-4,9-10H,2,5-8H2,1H3. The highest BCUT2D eigenvalue weighted by molar-refractivity contribution is 5.98. The zero-order valence-electron chi connectivity index (χ0n) is 10.6. The molecule has 1 aliphatic rings. The first-order valence-electron chi connectivity index (χ1n) is 6.50. The van der Waals surface area contributed by atoms with Crippen LogP contribution < -0.4 is 0 Å². The first kappa shape index (κ1) is 11.3. The average Bonchev–Trinajstić information content (AvgIpc) is 2.95. The number of aromatic nitrogens is 1. The molecule has 2 heterocycles. The lowest BCUT2D eigenvalue weighted by molar-refractivity contribution is 0.0972. The number of hydrogen-bond donors (Lipinski definition) is 0. The van der Waals surface area contributed by atoms with Gasteiger partial charge in [-0.05, 0) is 38.0 Å². The number of nitrogens with zero attached hydrogens (tertiary/aromatic N) is 1. The van der Waals surface area contributed by atoms with Gasteiger partial charge in [-0.1, -0.05) is 0 Å². The quantitative estimate of drug-likeness (QED) is 0.830. The van der Waals surface area contributed by atoms with Crippen molar-refractivity contribution in [3.05, 3.63) is 47.2 Å². The van der Waals surface area contributed by atoms with Crippen molar-refractivity contribution < 1.29 is 9.21 Å². The molecular formula is C15H17NO2. The number of Topliss-reactive ketones (excluding diaryl/α,β-unsaturated/α-hetero) is 1. The van der Waals surface area contributed by atoms with Gasteiger partial charge in [-0.25, -0.2) is 0 Å². The van der Waals surface area contributed by atoms with Crippen LogP contribution in [0.25, 0.3) is 0 Å². The van der Waals surface area contributed by atoms with E-state index in [1.165, 1.54) is 11.4 Å². The average molecular weight is 243 g/mol. The smallest absolute Gasteiger partial charge is 0.164 e. The molecule has 0 bridgehead atoms. The van der Waals surface area contributed by atoms with Gasteiger partial charge < -0.3 is 8.98 Å². The summed E-state index contributed by atoms with van der Waals surface area (Å²) in [5.74, 6) is 1.30. The van der Waals surface area contributed by atoms with Crippen molar-refractivity contribution in [2.75, 3.05) is 0 Å². The monoisotopic (exact) mass is 243 g/mol. The molecule has 3 rings (SSSR count). The SMILES string of the molecule is Cc1cc2c(n1CCc1ccco1)CCCC2=O. The molecule has 0 atom stereocenters. The number of furan rings is 1. The van der Waals surface area contributed by atoms with Crippen LogP contribution in [0.4, 0.5) is 0 Å². The van der Waals surface area contributed by atoms with E-state index in [0.717, 1.165) is 37.1 Å². The molecule has 0 unspecified atom stereocenters. The maximum Gasteiger partial charge on any atom is 0.164 e. The van der Waals surface area contributed by atoms with Gasteiger partial charge in [-0.15, -0.1) is 0 Å². The summed E-state index contributed by atoms with van der Waals surface area (Å²) in [4.78, 5) is 11.9. The normalized spacial score (nSPS) is 14.8. The van der Waals surface area contributed by atoms with Crippen LogP contribution in [0.3, 0.4) is 0 Å². The number of carbonyl (C=O) groups excluding carboxylic acids is 1. The summed E-state index contributed by atoms with van der Waals surface area (Å²) in [7, 11) is 0. The fraction of sp³-hybridized carbons (Fsp3) is 0.400. The van der Waals surface area contributed by atoms with Gasteiger partial charge in [-0.3, -0.25) is 4.79 Å². The molecule has 0 radical (unpaired) electrons. The molecule has 0 amide bonds. The van der Waals surface area contributed by atoms with Crippen LogP contribution in [0.1, 0.15) is 40.3 Å². The van der Waals surface area contributed by atoms with Gasteiger partial charge in [0.15, 0.2) is 5.78 Å². The van der Waals surface area contributed by atoms with E-state index < -0.39 is 0 Å². The number of carbonyl (C=O) groups is 1. The zero-order valence-corrected chi connectivity index (χ0v) is 10.6. The van der Waals surface area contributed by atoms with Crippen LogP contribution in [-0.2, 0) is 19.4 Å². The Morgan fingerprint density at radius 3 is 3.06 bits per heavy atom. The van der Waals surface area contributed by atoms with Crippen molar-refractivity contribution in [1.29, 1.82) is 0 Å². The Hall–Kier alpha value is -1.77. The highest BCUT2D eigenvalue weighted by Crippen LogP contribution is 2.25. The molecule has 0 aliphatic heterocycles. The summed E-state index contributed by atoms with van der Waals surface area (Å²) < 4.78 is 7.63. The molecule has 0 fully saturated rings. The number of fused-ring (bicyclic) bond motifs is 1. The predicted octanol–water partition coefficient (Wildman–Crippen LogP) is 3.15. The van der Waals surface area contributed by atoms with Gasteiger partial charge >= 0.3 is 0 Å². The van der Waals surface area contributed by atoms with Crippen LogP contribution in [0.2, 0.25) is 0 Å². The number of ketones is 1. The van der Waals surface area contributed by atoms with E-state index in [0.29, 0.717) is 12.2 Å². The number of hydrogen-bond acceptors (Lipinski definition) is 2. The Labute approximate surface area is 106 Å². The highest BCUT2D eigenvalue weighted by atomic mass is 16.3. The minimum absolute atomic E-state index is 0.302. The largest absolute Gasteiger partial charge is 0.469 e. The molecule has 0 spiro atoms. The molecule has 1 aliphatic carbocycles. The third-order valence-corrected chi connectivity index (χ3v) is 3.70. The molecule has 0 saturated heterocycles. The molecule has 2 aromatic heterocycles. The van der Waals surface area contributed by atoms with Crippen molar-refractivity contribution in [2.24, 2.45) is 0 Å². The zero-order chi connectivity index (χ0) is 12.5. The molecule has 0 aromatic carbocycles. The molecule has 94 valence electrons. The molecule has 2 aromatic rings. The third kappa shape index (κ3) is 1.90. The van der Waals surface area contributed by atoms with Crippen molar-refractivity contribution in [2.45, 2.75) is 39.2 Å². The van der Waals surface area contributed by atoms with E-state index in [-0.39, 0.29) is 0 Å². The Bertz CT molecular complexity index is 564. The van der Waals surface area contributed by atoms with Crippen LogP contribution in [-0.4, -0.2) is 10.4 Å². The van der Waals surface area contributed by atoms with Crippen molar-refractivity contribution in [3.63, 3.8) is 0 Å². The second-order valence-electron chi connectivity index (χ2n) is 4.90. The minimum atomic E-state index is 0.302. The Balaban J connectivity index is 1.85. The summed E-state index contributed by atoms with van der Waals surface area (Å²) in [5, 5.41) is 0. The lowest BCUT2D eigenvalue weighted by Gasteiger charge is -2.15. The van der Waals surface area contributed by atoms with E-state index in [2.05, 4.69) is 11.5 Å². The molecule has 18 heavy (non-hydrogen) atoms. The second-order valence-corrected chi connectivity index (χ2v) is 4.90. The highest BCUT2D eigenvalue weighted by Gasteiger charge is 2.22. The van der Waals surface area contributed by atoms with Crippen LogP contribution in [0.15, 0.2) is 28.9 Å². The fourth-order valence-corrected chi connectivity index (χ4v) is 2.78. The molecular weight excluding hydrogens is 226 g/mol. The van der Waals surface area contributed by atoms with Crippen LogP contribution in [0, 0.1) is 6.92 Å². The van der Waals surface area contributed by atoms with Crippen molar-refractivity contribution in [1.82, 2.24) is 4.57 Å². The van der Waals surface area contributed by atoms with Gasteiger partial charge in [0, 0.05) is 36.3 Å². The molecule has 0 saturated carbocycles. The predicted molar refractivity (Wildman–Crippen MR) is 68.8 cm³/mol. The van der Waals surface area contributed by atoms with Gasteiger partial charge in [0.2, 0.25) is 0 Å². The van der Waals surface area contributed by atoms with Crippen LogP contribution in [0.5, 0.6) is 0 Å². The van der Waals surface area contributed by atoms with Crippen molar-refractivity contribution >= 4 is 5.78 Å². The number of aryl methyl sites for hydroxylation is 2. The topological polar surface area (TPSA) is 35.1 Å². The van der Waals surface area contributed by atoms with Gasteiger partial charge in [0.25, 0.3) is 0 Å². The summed E-state index contributed by atoms with van der Waals surface area (Å²) in [6.07, 6.45) is 5.29. The molecule has 0 N–H and O–H groups in total. The molecule has 3 heteroatoms. The first-order chi connectivity index (χ1) is 8.75. The fourth-order valence-electron chi connectivity index (χ4n) is 2.78. The van der Waals surface area contributed by atoms with Crippen molar-refractivity contribution in [3.8, 4) is 0 Å². The van der Waals surface area contributed by atoms with E-state index in [9.17, 15) is 4.79 Å². The molecule has 3 nitrogen and oxygen atoms in total. The Morgan fingerprint density at radius 2 is 2.28 bits per heavy atom. The maximum absolute atomic E-state index is 11.9. The summed E-state index contributed by atoms with van der Waals surface area (Å²) in [5.41, 5.74) is 3.34. The second kappa shape index (κ2) is 4.48. The summed E-state index contributed by atoms with van der Waals surface area (Å²) in [6.45, 7) is 2.97. The third-order valence-electron chi connectivity index (χ3n) is 3.70. The van der Waals surface area contributed by atoms with E-state index in [1.54, 1.807) is 6.26 Å². The van der Waals surface area contributed by atoms with Gasteiger partial charge in [0.05, 0.1) is 6.26 Å². The minimum Gasteiger partial charge on any atom is -0.469 e. The Kier molecular flexibility index (Phi) is 2.82. The summed E-state index contributed by atoms with van der Waals surface area (Å²) in [6, 6.07) is 5.95. The van der Waals surface area contributed by atoms with Gasteiger partial charge in [-0.2, -0.15) is 0 Å². The lowest BCUT2D eigenvalue weighted by atomic mass is 9.96. The van der Waals surface area contributed by atoms with E-state index in [1.807, 2.05) is 18.2 Å². The lowest BCUT2D eigenvalue weighted by Crippen LogP contribution is -2.14.